The summed E-state index contributed by atoms with van der Waals surface area (Å²) in [7, 11) is 0. The molecular formula is C23H30IN5O. The van der Waals surface area contributed by atoms with Crippen LogP contribution in [0, 0.1) is 0 Å². The molecule has 0 unspecified atom stereocenters. The lowest BCUT2D eigenvalue weighted by atomic mass is 10.2. The van der Waals surface area contributed by atoms with Crippen molar-refractivity contribution in [1.82, 2.24) is 20.2 Å². The number of para-hydroxylation sites is 1. The van der Waals surface area contributed by atoms with Crippen LogP contribution in [-0.4, -0.2) is 28.7 Å². The lowest BCUT2D eigenvalue weighted by molar-refractivity contribution is 0.336. The molecule has 0 aliphatic rings. The van der Waals surface area contributed by atoms with Gasteiger partial charge in [-0.05, 0) is 25.5 Å². The van der Waals surface area contributed by atoms with Crippen molar-refractivity contribution in [1.29, 1.82) is 0 Å². The fourth-order valence-electron chi connectivity index (χ4n) is 3.03. The normalized spacial score (nSPS) is 10.9. The predicted octanol–water partition coefficient (Wildman–Crippen LogP) is 4.20. The Balaban J connectivity index is 0.00000320. The highest BCUT2D eigenvalue weighted by Crippen LogP contribution is 2.18. The second-order valence-corrected chi connectivity index (χ2v) is 6.55. The smallest absolute Gasteiger partial charge is 0.191 e. The van der Waals surface area contributed by atoms with Gasteiger partial charge in [-0.3, -0.25) is 0 Å². The number of hydrogen-bond donors (Lipinski definition) is 2. The number of imidazole rings is 1. The Hall–Kier alpha value is -2.55. The van der Waals surface area contributed by atoms with Crippen LogP contribution in [0.3, 0.4) is 0 Å². The molecule has 0 aliphatic heterocycles. The van der Waals surface area contributed by atoms with Crippen LogP contribution in [0.5, 0.6) is 5.75 Å². The molecule has 3 rings (SSSR count). The molecule has 0 atom stereocenters. The van der Waals surface area contributed by atoms with Crippen LogP contribution >= 0.6 is 24.0 Å². The summed E-state index contributed by atoms with van der Waals surface area (Å²) >= 11 is 0. The quantitative estimate of drug-likeness (QED) is 0.253. The number of ether oxygens (including phenoxy) is 1. The largest absolute Gasteiger partial charge is 0.494 e. The van der Waals surface area contributed by atoms with Gasteiger partial charge < -0.3 is 19.9 Å². The van der Waals surface area contributed by atoms with Gasteiger partial charge in [-0.15, -0.1) is 24.0 Å². The Morgan fingerprint density at radius 1 is 1.03 bits per heavy atom. The van der Waals surface area contributed by atoms with Crippen LogP contribution in [0.2, 0.25) is 0 Å². The zero-order chi connectivity index (χ0) is 20.3. The van der Waals surface area contributed by atoms with E-state index >= 15 is 0 Å². The second-order valence-electron chi connectivity index (χ2n) is 6.55. The van der Waals surface area contributed by atoms with Gasteiger partial charge in [-0.1, -0.05) is 48.5 Å². The molecule has 6 nitrogen and oxygen atoms in total. The number of hydrogen-bond acceptors (Lipinski definition) is 3. The molecule has 0 bridgehead atoms. The third-order valence-electron chi connectivity index (χ3n) is 4.44. The molecule has 1 heterocycles. The van der Waals surface area contributed by atoms with E-state index in [4.69, 9.17) is 9.73 Å². The molecule has 0 aliphatic carbocycles. The summed E-state index contributed by atoms with van der Waals surface area (Å²) in [6, 6.07) is 18.4. The zero-order valence-corrected chi connectivity index (χ0v) is 19.9. The molecule has 3 aromatic rings. The van der Waals surface area contributed by atoms with Gasteiger partial charge in [-0.2, -0.15) is 0 Å². The van der Waals surface area contributed by atoms with Crippen molar-refractivity contribution in [3.63, 3.8) is 0 Å². The minimum absolute atomic E-state index is 0. The number of aliphatic imine (C=N–C) groups is 1. The Morgan fingerprint density at radius 2 is 1.80 bits per heavy atom. The SMILES string of the molecule is CCNC(=NCc1ccccc1OCC)NCc1nccn1Cc1ccccc1.I. The van der Waals surface area contributed by atoms with Crippen LogP contribution < -0.4 is 15.4 Å². The maximum atomic E-state index is 5.70. The minimum Gasteiger partial charge on any atom is -0.494 e. The molecule has 0 radical (unpaired) electrons. The first-order chi connectivity index (χ1) is 14.3. The number of aromatic nitrogens is 2. The number of benzene rings is 2. The van der Waals surface area contributed by atoms with Crippen molar-refractivity contribution >= 4 is 29.9 Å². The molecule has 30 heavy (non-hydrogen) atoms. The molecule has 160 valence electrons. The molecule has 7 heteroatoms. The molecule has 2 N–H and O–H groups in total. The second kappa shape index (κ2) is 12.9. The summed E-state index contributed by atoms with van der Waals surface area (Å²) < 4.78 is 7.85. The molecule has 0 saturated carbocycles. The standard InChI is InChI=1S/C23H29N5O.HI/c1-3-24-23(26-16-20-12-8-9-13-21(20)29-4-2)27-17-22-25-14-15-28(22)18-19-10-6-5-7-11-19;/h5-15H,3-4,16-18H2,1-2H3,(H2,24,26,27);1H. The Kier molecular flexibility index (Phi) is 10.2. The summed E-state index contributed by atoms with van der Waals surface area (Å²) in [6.45, 7) is 7.42. The molecule has 2 aromatic carbocycles. The van der Waals surface area contributed by atoms with Gasteiger partial charge in [0, 0.05) is 31.0 Å². The van der Waals surface area contributed by atoms with Gasteiger partial charge in [0.2, 0.25) is 0 Å². The molecule has 0 saturated heterocycles. The van der Waals surface area contributed by atoms with Crippen LogP contribution in [0.1, 0.15) is 30.8 Å². The molecule has 0 spiro atoms. The van der Waals surface area contributed by atoms with E-state index in [1.807, 2.05) is 49.6 Å². The van der Waals surface area contributed by atoms with E-state index in [0.717, 1.165) is 36.2 Å². The highest BCUT2D eigenvalue weighted by Gasteiger charge is 2.06. The first-order valence-corrected chi connectivity index (χ1v) is 10.1. The average molecular weight is 519 g/mol. The Morgan fingerprint density at radius 3 is 2.57 bits per heavy atom. The first-order valence-electron chi connectivity index (χ1n) is 10.1. The fourth-order valence-corrected chi connectivity index (χ4v) is 3.03. The van der Waals surface area contributed by atoms with Crippen molar-refractivity contribution < 1.29 is 4.74 Å². The van der Waals surface area contributed by atoms with Crippen molar-refractivity contribution in [2.75, 3.05) is 13.2 Å². The summed E-state index contributed by atoms with van der Waals surface area (Å²) in [6.07, 6.45) is 3.84. The van der Waals surface area contributed by atoms with E-state index < -0.39 is 0 Å². The molecule has 0 fully saturated rings. The number of halogens is 1. The van der Waals surface area contributed by atoms with Gasteiger partial charge in [-0.25, -0.2) is 9.98 Å². The van der Waals surface area contributed by atoms with E-state index in [1.165, 1.54) is 5.56 Å². The van der Waals surface area contributed by atoms with Gasteiger partial charge in [0.15, 0.2) is 5.96 Å². The highest BCUT2D eigenvalue weighted by molar-refractivity contribution is 14.0. The lowest BCUT2D eigenvalue weighted by Gasteiger charge is -2.13. The van der Waals surface area contributed by atoms with E-state index in [0.29, 0.717) is 19.7 Å². The van der Waals surface area contributed by atoms with Crippen molar-refractivity contribution in [3.05, 3.63) is 83.9 Å². The predicted molar refractivity (Wildman–Crippen MR) is 132 cm³/mol. The summed E-state index contributed by atoms with van der Waals surface area (Å²) in [4.78, 5) is 9.22. The van der Waals surface area contributed by atoms with Crippen LogP contribution in [0.25, 0.3) is 0 Å². The van der Waals surface area contributed by atoms with E-state index in [1.54, 1.807) is 0 Å². The maximum absolute atomic E-state index is 5.70. The third-order valence-corrected chi connectivity index (χ3v) is 4.44. The fraction of sp³-hybridized carbons (Fsp3) is 0.304. The van der Waals surface area contributed by atoms with Crippen molar-refractivity contribution in [2.45, 2.75) is 33.5 Å². The van der Waals surface area contributed by atoms with Crippen molar-refractivity contribution in [2.24, 2.45) is 4.99 Å². The molecule has 1 aromatic heterocycles. The van der Waals surface area contributed by atoms with Gasteiger partial charge in [0.1, 0.15) is 11.6 Å². The van der Waals surface area contributed by atoms with Crippen LogP contribution in [0.4, 0.5) is 0 Å². The maximum Gasteiger partial charge on any atom is 0.191 e. The first kappa shape index (κ1) is 23.7. The lowest BCUT2D eigenvalue weighted by Crippen LogP contribution is -2.37. The van der Waals surface area contributed by atoms with E-state index in [9.17, 15) is 0 Å². The van der Waals surface area contributed by atoms with Gasteiger partial charge in [0.25, 0.3) is 0 Å². The Labute approximate surface area is 195 Å². The molecule has 0 amide bonds. The van der Waals surface area contributed by atoms with Crippen LogP contribution in [-0.2, 0) is 19.6 Å². The number of rotatable bonds is 9. The van der Waals surface area contributed by atoms with E-state index in [2.05, 4.69) is 51.4 Å². The summed E-state index contributed by atoms with van der Waals surface area (Å²) in [5.41, 5.74) is 2.32. The third kappa shape index (κ3) is 7.05. The minimum atomic E-state index is 0. The van der Waals surface area contributed by atoms with E-state index in [-0.39, 0.29) is 24.0 Å². The topological polar surface area (TPSA) is 63.5 Å². The highest BCUT2D eigenvalue weighted by atomic mass is 127. The molecular weight excluding hydrogens is 489 g/mol. The Bertz CT molecular complexity index is 911. The zero-order valence-electron chi connectivity index (χ0n) is 17.5. The van der Waals surface area contributed by atoms with Gasteiger partial charge in [0.05, 0.1) is 19.7 Å². The van der Waals surface area contributed by atoms with Crippen LogP contribution in [0.15, 0.2) is 72.0 Å². The number of nitrogens with one attached hydrogen (secondary N) is 2. The average Bonchev–Trinajstić information content (AvgIpc) is 3.19. The van der Waals surface area contributed by atoms with Gasteiger partial charge >= 0.3 is 0 Å². The monoisotopic (exact) mass is 519 g/mol. The summed E-state index contributed by atoms with van der Waals surface area (Å²) in [5.74, 6) is 2.61. The number of guanidine groups is 1. The van der Waals surface area contributed by atoms with Crippen molar-refractivity contribution in [3.8, 4) is 5.75 Å². The number of nitrogens with zero attached hydrogens (tertiary/aromatic N) is 3. The summed E-state index contributed by atoms with van der Waals surface area (Å²) in [5, 5.41) is 6.68.